The summed E-state index contributed by atoms with van der Waals surface area (Å²) in [7, 11) is 0. The molecule has 2 heterocycles. The van der Waals surface area contributed by atoms with E-state index in [-0.39, 0.29) is 5.69 Å². The number of ether oxygens (including phenoxy) is 2. The Morgan fingerprint density at radius 3 is 3.20 bits per heavy atom. The van der Waals surface area contributed by atoms with Crippen molar-refractivity contribution in [2.75, 3.05) is 6.61 Å². The SMILES string of the molecule is CCOC(=O)c1cc2c(c(Cl)n1)COC2. The largest absolute Gasteiger partial charge is 0.461 e. The Bertz CT molecular complexity index is 406. The number of hydrogen-bond acceptors (Lipinski definition) is 4. The zero-order valence-electron chi connectivity index (χ0n) is 8.25. The number of carbonyl (C=O) groups excluding carboxylic acids is 1. The van der Waals surface area contributed by atoms with Crippen LogP contribution in [0.3, 0.4) is 0 Å². The van der Waals surface area contributed by atoms with Crippen molar-refractivity contribution < 1.29 is 14.3 Å². The van der Waals surface area contributed by atoms with E-state index in [9.17, 15) is 4.79 Å². The Balaban J connectivity index is 2.35. The molecule has 1 aliphatic heterocycles. The van der Waals surface area contributed by atoms with Gasteiger partial charge in [-0.05, 0) is 18.6 Å². The van der Waals surface area contributed by atoms with Crippen LogP contribution in [0.1, 0.15) is 28.5 Å². The molecule has 0 saturated heterocycles. The van der Waals surface area contributed by atoms with Crippen molar-refractivity contribution >= 4 is 17.6 Å². The molecule has 0 radical (unpaired) electrons. The average molecular weight is 228 g/mol. The molecule has 5 heteroatoms. The molecule has 0 fully saturated rings. The molecule has 0 atom stereocenters. The maximum atomic E-state index is 11.4. The van der Waals surface area contributed by atoms with E-state index < -0.39 is 5.97 Å². The highest BCUT2D eigenvalue weighted by molar-refractivity contribution is 6.30. The molecule has 15 heavy (non-hydrogen) atoms. The molecule has 4 nitrogen and oxygen atoms in total. The molecule has 0 unspecified atom stereocenters. The van der Waals surface area contributed by atoms with Gasteiger partial charge < -0.3 is 9.47 Å². The number of hydrogen-bond donors (Lipinski definition) is 0. The van der Waals surface area contributed by atoms with Gasteiger partial charge in [-0.3, -0.25) is 0 Å². The number of halogens is 1. The summed E-state index contributed by atoms with van der Waals surface area (Å²) < 4.78 is 10.1. The number of nitrogens with zero attached hydrogens (tertiary/aromatic N) is 1. The summed E-state index contributed by atoms with van der Waals surface area (Å²) in [5, 5.41) is 0.327. The average Bonchev–Trinajstić information content (AvgIpc) is 2.66. The molecule has 0 aromatic carbocycles. The summed E-state index contributed by atoms with van der Waals surface area (Å²) in [6, 6.07) is 1.67. The van der Waals surface area contributed by atoms with Crippen LogP contribution in [0.2, 0.25) is 5.15 Å². The topological polar surface area (TPSA) is 48.4 Å². The van der Waals surface area contributed by atoms with Crippen molar-refractivity contribution in [3.05, 3.63) is 28.0 Å². The van der Waals surface area contributed by atoms with Crippen LogP contribution in [0.15, 0.2) is 6.07 Å². The smallest absolute Gasteiger partial charge is 0.356 e. The van der Waals surface area contributed by atoms with Crippen molar-refractivity contribution in [2.24, 2.45) is 0 Å². The highest BCUT2D eigenvalue weighted by Crippen LogP contribution is 2.26. The van der Waals surface area contributed by atoms with Gasteiger partial charge in [0, 0.05) is 5.56 Å². The van der Waals surface area contributed by atoms with E-state index in [0.717, 1.165) is 11.1 Å². The van der Waals surface area contributed by atoms with Gasteiger partial charge in [-0.15, -0.1) is 0 Å². The highest BCUT2D eigenvalue weighted by Gasteiger charge is 2.20. The van der Waals surface area contributed by atoms with E-state index in [1.165, 1.54) is 0 Å². The van der Waals surface area contributed by atoms with Crippen LogP contribution in [0.4, 0.5) is 0 Å². The summed E-state index contributed by atoms with van der Waals surface area (Å²) in [6.45, 7) is 3.01. The van der Waals surface area contributed by atoms with E-state index in [2.05, 4.69) is 4.98 Å². The first kappa shape index (κ1) is 10.4. The fourth-order valence-corrected chi connectivity index (χ4v) is 1.71. The van der Waals surface area contributed by atoms with Crippen LogP contribution in [-0.4, -0.2) is 17.6 Å². The first-order valence-electron chi connectivity index (χ1n) is 4.65. The Morgan fingerprint density at radius 1 is 1.67 bits per heavy atom. The van der Waals surface area contributed by atoms with Gasteiger partial charge in [-0.25, -0.2) is 9.78 Å². The van der Waals surface area contributed by atoms with Gasteiger partial charge in [-0.2, -0.15) is 0 Å². The first-order chi connectivity index (χ1) is 7.22. The highest BCUT2D eigenvalue weighted by atomic mass is 35.5. The summed E-state index contributed by atoms with van der Waals surface area (Å²) in [5.41, 5.74) is 2.02. The second-order valence-electron chi connectivity index (χ2n) is 3.15. The Kier molecular flexibility index (Phi) is 2.88. The molecule has 0 bridgehead atoms. The van der Waals surface area contributed by atoms with Crippen molar-refractivity contribution in [3.8, 4) is 0 Å². The van der Waals surface area contributed by atoms with Gasteiger partial charge in [0.05, 0.1) is 19.8 Å². The first-order valence-corrected chi connectivity index (χ1v) is 5.03. The third kappa shape index (κ3) is 1.96. The van der Waals surface area contributed by atoms with E-state index >= 15 is 0 Å². The predicted molar refractivity (Wildman–Crippen MR) is 53.7 cm³/mol. The lowest BCUT2D eigenvalue weighted by Gasteiger charge is -2.04. The van der Waals surface area contributed by atoms with Crippen LogP contribution < -0.4 is 0 Å². The van der Waals surface area contributed by atoms with Gasteiger partial charge >= 0.3 is 5.97 Å². The number of esters is 1. The summed E-state index contributed by atoms with van der Waals surface area (Å²) in [4.78, 5) is 15.4. The van der Waals surface area contributed by atoms with Gasteiger partial charge in [0.1, 0.15) is 5.15 Å². The third-order valence-electron chi connectivity index (χ3n) is 2.15. The number of rotatable bonds is 2. The summed E-state index contributed by atoms with van der Waals surface area (Å²) >= 11 is 5.92. The molecular formula is C10H10ClNO3. The lowest BCUT2D eigenvalue weighted by molar-refractivity contribution is 0.0519. The zero-order valence-corrected chi connectivity index (χ0v) is 9.00. The molecule has 1 aromatic rings. The fourth-order valence-electron chi connectivity index (χ4n) is 1.44. The molecule has 80 valence electrons. The zero-order chi connectivity index (χ0) is 10.8. The number of pyridine rings is 1. The molecule has 0 amide bonds. The van der Waals surface area contributed by atoms with Gasteiger partial charge in [0.25, 0.3) is 0 Å². The Morgan fingerprint density at radius 2 is 2.47 bits per heavy atom. The molecule has 1 aromatic heterocycles. The minimum atomic E-state index is -0.450. The van der Waals surface area contributed by atoms with Gasteiger partial charge in [0.15, 0.2) is 5.69 Å². The number of aromatic nitrogens is 1. The lowest BCUT2D eigenvalue weighted by atomic mass is 10.1. The molecular weight excluding hydrogens is 218 g/mol. The maximum absolute atomic E-state index is 11.4. The second kappa shape index (κ2) is 4.16. The van der Waals surface area contributed by atoms with E-state index in [0.29, 0.717) is 25.0 Å². The van der Waals surface area contributed by atoms with Crippen molar-refractivity contribution in [2.45, 2.75) is 20.1 Å². The minimum Gasteiger partial charge on any atom is -0.461 e. The monoisotopic (exact) mass is 227 g/mol. The fraction of sp³-hybridized carbons (Fsp3) is 0.400. The van der Waals surface area contributed by atoms with E-state index in [1.54, 1.807) is 13.0 Å². The molecule has 0 saturated carbocycles. The van der Waals surface area contributed by atoms with Crippen molar-refractivity contribution in [1.82, 2.24) is 4.98 Å². The van der Waals surface area contributed by atoms with Crippen LogP contribution in [0.25, 0.3) is 0 Å². The predicted octanol–water partition coefficient (Wildman–Crippen LogP) is 1.94. The normalized spacial score (nSPS) is 13.7. The second-order valence-corrected chi connectivity index (χ2v) is 3.51. The summed E-state index contributed by atoms with van der Waals surface area (Å²) in [5.74, 6) is -0.450. The quantitative estimate of drug-likeness (QED) is 0.572. The molecule has 0 spiro atoms. The molecule has 0 aliphatic carbocycles. The van der Waals surface area contributed by atoms with Crippen LogP contribution >= 0.6 is 11.6 Å². The number of carbonyl (C=O) groups is 1. The molecule has 0 N–H and O–H groups in total. The lowest BCUT2D eigenvalue weighted by Crippen LogP contribution is -2.08. The van der Waals surface area contributed by atoms with Crippen molar-refractivity contribution in [3.63, 3.8) is 0 Å². The van der Waals surface area contributed by atoms with Gasteiger partial charge in [0.2, 0.25) is 0 Å². The van der Waals surface area contributed by atoms with Crippen LogP contribution in [0, 0.1) is 0 Å². The maximum Gasteiger partial charge on any atom is 0.356 e. The molecule has 2 rings (SSSR count). The van der Waals surface area contributed by atoms with E-state index in [4.69, 9.17) is 21.1 Å². The molecule has 1 aliphatic rings. The minimum absolute atomic E-state index is 0.242. The van der Waals surface area contributed by atoms with Crippen LogP contribution in [-0.2, 0) is 22.7 Å². The van der Waals surface area contributed by atoms with Crippen LogP contribution in [0.5, 0.6) is 0 Å². The Hall–Kier alpha value is -1.13. The Labute approximate surface area is 92.2 Å². The number of fused-ring (bicyclic) bond motifs is 1. The summed E-state index contributed by atoms with van der Waals surface area (Å²) in [6.07, 6.45) is 0. The standard InChI is InChI=1S/C10H10ClNO3/c1-2-15-10(13)8-3-6-4-14-5-7(6)9(11)12-8/h3H,2,4-5H2,1H3. The van der Waals surface area contributed by atoms with Crippen molar-refractivity contribution in [1.29, 1.82) is 0 Å². The third-order valence-corrected chi connectivity index (χ3v) is 2.47. The van der Waals surface area contributed by atoms with Gasteiger partial charge in [-0.1, -0.05) is 11.6 Å². The van der Waals surface area contributed by atoms with E-state index in [1.807, 2.05) is 0 Å².